The second-order valence-electron chi connectivity index (χ2n) is 4.11. The van der Waals surface area contributed by atoms with Crippen LogP contribution in [0, 0.1) is 6.92 Å². The Morgan fingerprint density at radius 2 is 2.06 bits per heavy atom. The van der Waals surface area contributed by atoms with Crippen molar-refractivity contribution in [3.05, 3.63) is 34.3 Å². The molecule has 0 aliphatic carbocycles. The quantitative estimate of drug-likeness (QED) is 0.798. The predicted molar refractivity (Wildman–Crippen MR) is 70.4 cm³/mol. The predicted octanol–water partition coefficient (Wildman–Crippen LogP) is 2.30. The van der Waals surface area contributed by atoms with Crippen LogP contribution >= 0.6 is 11.6 Å². The molecule has 1 rings (SSSR count). The van der Waals surface area contributed by atoms with Crippen LogP contribution in [-0.4, -0.2) is 27.8 Å². The van der Waals surface area contributed by atoms with E-state index >= 15 is 0 Å². The molecule has 0 saturated carbocycles. The molecule has 4 nitrogen and oxygen atoms in total. The van der Waals surface area contributed by atoms with Crippen molar-refractivity contribution in [2.45, 2.75) is 18.6 Å². The lowest BCUT2D eigenvalue weighted by Gasteiger charge is -2.15. The minimum Gasteiger partial charge on any atom is -0.469 e. The summed E-state index contributed by atoms with van der Waals surface area (Å²) in [5.41, 5.74) is 1.32. The Labute approximate surface area is 112 Å². The monoisotopic (exact) mass is 290 g/mol. The van der Waals surface area contributed by atoms with E-state index in [0.717, 1.165) is 11.8 Å². The number of ether oxygens (including phenoxy) is 1. The summed E-state index contributed by atoms with van der Waals surface area (Å²) in [4.78, 5) is 11.3. The van der Waals surface area contributed by atoms with Gasteiger partial charge in [0.25, 0.3) is 0 Å². The number of rotatable bonds is 4. The van der Waals surface area contributed by atoms with Gasteiger partial charge >= 0.3 is 5.97 Å². The molecule has 1 aromatic rings. The number of halogens is 1. The Hall–Kier alpha value is -1.07. The van der Waals surface area contributed by atoms with E-state index in [-0.39, 0.29) is 6.42 Å². The van der Waals surface area contributed by atoms with E-state index in [9.17, 15) is 13.2 Å². The van der Waals surface area contributed by atoms with Crippen molar-refractivity contribution in [2.24, 2.45) is 0 Å². The molecule has 0 fully saturated rings. The van der Waals surface area contributed by atoms with Crippen LogP contribution in [-0.2, 0) is 19.4 Å². The number of sulfone groups is 1. The molecule has 0 amide bonds. The lowest BCUT2D eigenvalue weighted by Crippen LogP contribution is -2.17. The maximum absolute atomic E-state index is 11.7. The minimum absolute atomic E-state index is 0.198. The molecule has 1 aromatic carbocycles. The largest absolute Gasteiger partial charge is 0.469 e. The van der Waals surface area contributed by atoms with Crippen LogP contribution in [0.4, 0.5) is 0 Å². The van der Waals surface area contributed by atoms with Gasteiger partial charge in [-0.25, -0.2) is 8.42 Å². The van der Waals surface area contributed by atoms with Crippen molar-refractivity contribution in [1.29, 1.82) is 0 Å². The van der Waals surface area contributed by atoms with Crippen molar-refractivity contribution >= 4 is 27.4 Å². The Balaban J connectivity index is 3.18. The highest BCUT2D eigenvalue weighted by Crippen LogP contribution is 2.28. The van der Waals surface area contributed by atoms with Crippen molar-refractivity contribution < 1.29 is 17.9 Å². The van der Waals surface area contributed by atoms with Crippen LogP contribution in [0.2, 0.25) is 5.02 Å². The van der Waals surface area contributed by atoms with E-state index in [1.165, 1.54) is 7.11 Å². The fraction of sp³-hybridized carbons (Fsp3) is 0.417. The van der Waals surface area contributed by atoms with Crippen molar-refractivity contribution in [3.63, 3.8) is 0 Å². The van der Waals surface area contributed by atoms with Crippen molar-refractivity contribution in [3.8, 4) is 0 Å². The molecule has 0 spiro atoms. The fourth-order valence-electron chi connectivity index (χ4n) is 1.62. The molecule has 1 unspecified atom stereocenters. The van der Waals surface area contributed by atoms with Gasteiger partial charge in [0.15, 0.2) is 9.84 Å². The van der Waals surface area contributed by atoms with Crippen LogP contribution in [0.25, 0.3) is 0 Å². The summed E-state index contributed by atoms with van der Waals surface area (Å²) in [6.07, 6.45) is 0.904. The lowest BCUT2D eigenvalue weighted by atomic mass is 10.1. The molecule has 0 heterocycles. The molecular weight excluding hydrogens is 276 g/mol. The first kappa shape index (κ1) is 15.0. The lowest BCUT2D eigenvalue weighted by molar-refractivity contribution is -0.140. The Morgan fingerprint density at radius 3 is 2.50 bits per heavy atom. The highest BCUT2D eigenvalue weighted by atomic mass is 35.5. The number of benzene rings is 1. The average molecular weight is 291 g/mol. The first-order valence-electron chi connectivity index (χ1n) is 5.27. The second kappa shape index (κ2) is 5.71. The van der Waals surface area contributed by atoms with Gasteiger partial charge in [0.2, 0.25) is 0 Å². The van der Waals surface area contributed by atoms with E-state index < -0.39 is 21.1 Å². The second-order valence-corrected chi connectivity index (χ2v) is 6.74. The molecule has 100 valence electrons. The van der Waals surface area contributed by atoms with E-state index in [2.05, 4.69) is 4.74 Å². The zero-order valence-corrected chi connectivity index (χ0v) is 12.0. The third kappa shape index (κ3) is 3.71. The minimum atomic E-state index is -3.40. The number of carbonyl (C=O) groups excluding carboxylic acids is 1. The van der Waals surface area contributed by atoms with Crippen LogP contribution < -0.4 is 0 Å². The maximum atomic E-state index is 11.7. The summed E-state index contributed by atoms with van der Waals surface area (Å²) in [6.45, 7) is 1.78. The zero-order valence-electron chi connectivity index (χ0n) is 10.4. The van der Waals surface area contributed by atoms with E-state index in [1.54, 1.807) is 25.1 Å². The van der Waals surface area contributed by atoms with E-state index in [4.69, 9.17) is 11.6 Å². The molecule has 1 atom stereocenters. The van der Waals surface area contributed by atoms with Gasteiger partial charge in [-0.15, -0.1) is 0 Å². The van der Waals surface area contributed by atoms with Gasteiger partial charge in [-0.05, 0) is 24.1 Å². The molecule has 0 aliphatic rings. The average Bonchev–Trinajstić information content (AvgIpc) is 2.28. The fourth-order valence-corrected chi connectivity index (χ4v) is 2.82. The van der Waals surface area contributed by atoms with Crippen molar-refractivity contribution in [2.75, 3.05) is 13.4 Å². The van der Waals surface area contributed by atoms with Crippen LogP contribution in [0.5, 0.6) is 0 Å². The van der Waals surface area contributed by atoms with Gasteiger partial charge in [0.05, 0.1) is 18.8 Å². The van der Waals surface area contributed by atoms with Crippen LogP contribution in [0.3, 0.4) is 0 Å². The van der Waals surface area contributed by atoms with Gasteiger partial charge in [0.1, 0.15) is 0 Å². The molecule has 0 saturated heterocycles. The van der Waals surface area contributed by atoms with Gasteiger partial charge < -0.3 is 4.74 Å². The summed E-state index contributed by atoms with van der Waals surface area (Å²) in [7, 11) is -2.17. The number of hydrogen-bond donors (Lipinski definition) is 0. The maximum Gasteiger partial charge on any atom is 0.307 e. The number of carbonyl (C=O) groups is 1. The first-order valence-corrected chi connectivity index (χ1v) is 7.60. The number of hydrogen-bond acceptors (Lipinski definition) is 4. The Kier molecular flexibility index (Phi) is 4.76. The Morgan fingerprint density at radius 1 is 1.44 bits per heavy atom. The smallest absolute Gasteiger partial charge is 0.307 e. The number of esters is 1. The highest BCUT2D eigenvalue weighted by Gasteiger charge is 2.26. The summed E-state index contributed by atoms with van der Waals surface area (Å²) in [5, 5.41) is -0.343. The van der Waals surface area contributed by atoms with Gasteiger partial charge in [-0.3, -0.25) is 4.79 Å². The highest BCUT2D eigenvalue weighted by molar-refractivity contribution is 7.90. The molecule has 0 bridgehead atoms. The van der Waals surface area contributed by atoms with Crippen molar-refractivity contribution in [1.82, 2.24) is 0 Å². The molecule has 6 heteroatoms. The van der Waals surface area contributed by atoms with Gasteiger partial charge in [-0.2, -0.15) is 0 Å². The topological polar surface area (TPSA) is 60.4 Å². The Bertz CT molecular complexity index is 551. The number of methoxy groups -OCH3 is 1. The standard InChI is InChI=1S/C12H15ClO4S/c1-8-6-9(4-5-10(8)13)11(18(3,15)16)7-12(14)17-2/h4-6,11H,7H2,1-3H3. The van der Waals surface area contributed by atoms with Crippen LogP contribution in [0.1, 0.15) is 22.8 Å². The first-order chi connectivity index (χ1) is 8.25. The SMILES string of the molecule is COC(=O)CC(c1ccc(Cl)c(C)c1)S(C)(=O)=O. The third-order valence-electron chi connectivity index (χ3n) is 2.65. The number of aryl methyl sites for hydroxylation is 1. The summed E-state index contributed by atoms with van der Waals surface area (Å²) < 4.78 is 28.0. The molecule has 18 heavy (non-hydrogen) atoms. The molecule has 0 aromatic heterocycles. The van der Waals surface area contributed by atoms with Crippen LogP contribution in [0.15, 0.2) is 18.2 Å². The summed E-state index contributed by atoms with van der Waals surface area (Å²) in [6, 6.07) is 4.92. The van der Waals surface area contributed by atoms with E-state index in [1.807, 2.05) is 0 Å². The molecule has 0 N–H and O–H groups in total. The normalized spacial score (nSPS) is 13.1. The molecular formula is C12H15ClO4S. The van der Waals surface area contributed by atoms with E-state index in [0.29, 0.717) is 10.6 Å². The third-order valence-corrected chi connectivity index (χ3v) is 4.55. The molecule has 0 radical (unpaired) electrons. The molecule has 0 aliphatic heterocycles. The summed E-state index contributed by atoms with van der Waals surface area (Å²) >= 11 is 5.89. The zero-order chi connectivity index (χ0) is 13.9. The van der Waals surface area contributed by atoms with Gasteiger partial charge in [0, 0.05) is 11.3 Å². The van der Waals surface area contributed by atoms with Gasteiger partial charge in [-0.1, -0.05) is 23.7 Å². The summed E-state index contributed by atoms with van der Waals surface area (Å²) in [5.74, 6) is -0.557.